The minimum Gasteiger partial charge on any atom is -0.394 e. The normalized spacial score (nSPS) is 34.9. The van der Waals surface area contributed by atoms with Gasteiger partial charge < -0.3 is 14.9 Å². The molecule has 0 aromatic rings. The van der Waals surface area contributed by atoms with Crippen LogP contribution in [0.3, 0.4) is 0 Å². The highest BCUT2D eigenvalue weighted by atomic mass is 16.5. The molecule has 3 heteroatoms. The van der Waals surface area contributed by atoms with Crippen molar-refractivity contribution in [1.29, 1.82) is 0 Å². The lowest BCUT2D eigenvalue weighted by Gasteiger charge is -2.20. The SMILES string of the molecule is OC[C@H]1O[CH]C=C[C@@H]1O. The Kier molecular flexibility index (Phi) is 2.22. The van der Waals surface area contributed by atoms with Gasteiger partial charge in [-0.15, -0.1) is 0 Å². The molecule has 0 amide bonds. The second-order valence-electron chi connectivity index (χ2n) is 1.87. The van der Waals surface area contributed by atoms with Crippen LogP contribution in [0, 0.1) is 6.61 Å². The second kappa shape index (κ2) is 2.96. The van der Waals surface area contributed by atoms with Crippen LogP contribution in [-0.2, 0) is 4.74 Å². The first-order valence-corrected chi connectivity index (χ1v) is 2.79. The summed E-state index contributed by atoms with van der Waals surface area (Å²) in [7, 11) is 0. The summed E-state index contributed by atoms with van der Waals surface area (Å²) in [6.07, 6.45) is 2.04. The molecular weight excluding hydrogens is 120 g/mol. The van der Waals surface area contributed by atoms with E-state index in [1.54, 1.807) is 12.2 Å². The van der Waals surface area contributed by atoms with E-state index in [-0.39, 0.29) is 6.61 Å². The monoisotopic (exact) mass is 129 g/mol. The highest BCUT2D eigenvalue weighted by Crippen LogP contribution is 2.08. The maximum atomic E-state index is 8.98. The number of ether oxygens (including phenoxy) is 1. The molecule has 1 rings (SSSR count). The van der Waals surface area contributed by atoms with Crippen LogP contribution in [0.25, 0.3) is 0 Å². The molecule has 3 nitrogen and oxygen atoms in total. The Morgan fingerprint density at radius 3 is 2.78 bits per heavy atom. The maximum Gasteiger partial charge on any atom is 0.111 e. The van der Waals surface area contributed by atoms with Gasteiger partial charge in [0.2, 0.25) is 0 Å². The zero-order valence-electron chi connectivity index (χ0n) is 4.90. The van der Waals surface area contributed by atoms with E-state index in [1.165, 1.54) is 6.61 Å². The van der Waals surface area contributed by atoms with E-state index >= 15 is 0 Å². The van der Waals surface area contributed by atoms with E-state index < -0.39 is 12.2 Å². The number of hydrogen-bond acceptors (Lipinski definition) is 3. The smallest absolute Gasteiger partial charge is 0.111 e. The lowest BCUT2D eigenvalue weighted by molar-refractivity contribution is -0.0209. The van der Waals surface area contributed by atoms with E-state index in [2.05, 4.69) is 0 Å². The zero-order chi connectivity index (χ0) is 6.69. The Morgan fingerprint density at radius 1 is 1.56 bits per heavy atom. The highest BCUT2D eigenvalue weighted by Gasteiger charge is 2.18. The van der Waals surface area contributed by atoms with E-state index in [1.807, 2.05) is 0 Å². The van der Waals surface area contributed by atoms with Crippen molar-refractivity contribution in [2.24, 2.45) is 0 Å². The summed E-state index contributed by atoms with van der Waals surface area (Å²) >= 11 is 0. The predicted octanol–water partition coefficient (Wildman–Crippen LogP) is -0.544. The standard InChI is InChI=1S/C6H9O3/c7-4-6-5(8)2-1-3-9-6/h1-3,5-8H,4H2/t5-,6+/m0/s1. The number of aliphatic hydroxyl groups is 2. The molecule has 2 N–H and O–H groups in total. The zero-order valence-corrected chi connectivity index (χ0v) is 4.90. The van der Waals surface area contributed by atoms with Gasteiger partial charge in [-0.1, -0.05) is 12.2 Å². The van der Waals surface area contributed by atoms with E-state index in [0.29, 0.717) is 0 Å². The van der Waals surface area contributed by atoms with E-state index in [4.69, 9.17) is 14.9 Å². The van der Waals surface area contributed by atoms with Gasteiger partial charge in [0.1, 0.15) is 18.8 Å². The Bertz CT molecular complexity index is 111. The molecule has 1 heterocycles. The first-order valence-electron chi connectivity index (χ1n) is 2.79. The molecule has 1 aliphatic rings. The van der Waals surface area contributed by atoms with Crippen molar-refractivity contribution in [3.63, 3.8) is 0 Å². The molecule has 1 radical (unpaired) electrons. The fourth-order valence-corrected chi connectivity index (χ4v) is 0.661. The molecule has 0 aromatic heterocycles. The molecule has 9 heavy (non-hydrogen) atoms. The summed E-state index contributed by atoms with van der Waals surface area (Å²) in [5, 5.41) is 17.5. The van der Waals surface area contributed by atoms with Gasteiger partial charge in [0.05, 0.1) is 6.61 Å². The topological polar surface area (TPSA) is 49.7 Å². The number of hydrogen-bond donors (Lipinski definition) is 2. The Labute approximate surface area is 53.6 Å². The van der Waals surface area contributed by atoms with Gasteiger partial charge in [0.25, 0.3) is 0 Å². The molecule has 0 saturated carbocycles. The van der Waals surface area contributed by atoms with Crippen LogP contribution in [0.4, 0.5) is 0 Å². The second-order valence-corrected chi connectivity index (χ2v) is 1.87. The molecule has 51 valence electrons. The molecule has 0 aromatic carbocycles. The summed E-state index contributed by atoms with van der Waals surface area (Å²) in [5.74, 6) is 0. The quantitative estimate of drug-likeness (QED) is 0.499. The Morgan fingerprint density at radius 2 is 2.33 bits per heavy atom. The predicted molar refractivity (Wildman–Crippen MR) is 31.4 cm³/mol. The summed E-state index contributed by atoms with van der Waals surface area (Å²) in [4.78, 5) is 0. The third-order valence-electron chi connectivity index (χ3n) is 1.20. The molecule has 0 aliphatic carbocycles. The molecule has 2 atom stereocenters. The molecule has 0 saturated heterocycles. The average molecular weight is 129 g/mol. The summed E-state index contributed by atoms with van der Waals surface area (Å²) in [6.45, 7) is 1.30. The van der Waals surface area contributed by atoms with Crippen LogP contribution < -0.4 is 0 Å². The third-order valence-corrected chi connectivity index (χ3v) is 1.20. The van der Waals surface area contributed by atoms with Crippen molar-refractivity contribution >= 4 is 0 Å². The van der Waals surface area contributed by atoms with E-state index in [0.717, 1.165) is 0 Å². The van der Waals surface area contributed by atoms with Crippen LogP contribution in [0.15, 0.2) is 12.2 Å². The van der Waals surface area contributed by atoms with Gasteiger partial charge >= 0.3 is 0 Å². The first kappa shape index (κ1) is 6.74. The Hall–Kier alpha value is -0.380. The minimum absolute atomic E-state index is 0.151. The fourth-order valence-electron chi connectivity index (χ4n) is 0.661. The van der Waals surface area contributed by atoms with Crippen LogP contribution in [-0.4, -0.2) is 29.0 Å². The number of rotatable bonds is 1. The summed E-state index contributed by atoms with van der Waals surface area (Å²) in [6, 6.07) is 0. The van der Waals surface area contributed by atoms with Gasteiger partial charge in [-0.25, -0.2) is 0 Å². The Balaban J connectivity index is 2.44. The molecular formula is C6H9O3. The van der Waals surface area contributed by atoms with Crippen molar-refractivity contribution in [1.82, 2.24) is 0 Å². The number of aliphatic hydroxyl groups excluding tert-OH is 2. The summed E-state index contributed by atoms with van der Waals surface area (Å²) in [5.41, 5.74) is 0. The highest BCUT2D eigenvalue weighted by molar-refractivity contribution is 5.02. The van der Waals surface area contributed by atoms with Crippen LogP contribution in [0.5, 0.6) is 0 Å². The van der Waals surface area contributed by atoms with Crippen molar-refractivity contribution in [3.8, 4) is 0 Å². The molecule has 0 bridgehead atoms. The van der Waals surface area contributed by atoms with Crippen LogP contribution in [0.1, 0.15) is 0 Å². The van der Waals surface area contributed by atoms with Gasteiger partial charge in [-0.05, 0) is 0 Å². The lowest BCUT2D eigenvalue weighted by atomic mass is 10.2. The maximum absolute atomic E-state index is 8.98. The van der Waals surface area contributed by atoms with Gasteiger partial charge in [0, 0.05) is 0 Å². The molecule has 0 spiro atoms. The average Bonchev–Trinajstić information content (AvgIpc) is 1.89. The van der Waals surface area contributed by atoms with Crippen molar-refractivity contribution < 1.29 is 14.9 Å². The molecule has 0 fully saturated rings. The van der Waals surface area contributed by atoms with Gasteiger partial charge in [-0.3, -0.25) is 0 Å². The van der Waals surface area contributed by atoms with Crippen LogP contribution >= 0.6 is 0 Å². The van der Waals surface area contributed by atoms with Crippen LogP contribution in [0.2, 0.25) is 0 Å². The molecule has 1 aliphatic heterocycles. The first-order chi connectivity index (χ1) is 4.34. The van der Waals surface area contributed by atoms with Crippen molar-refractivity contribution in [2.75, 3.05) is 6.61 Å². The van der Waals surface area contributed by atoms with Gasteiger partial charge in [0.15, 0.2) is 0 Å². The summed E-state index contributed by atoms with van der Waals surface area (Å²) < 4.78 is 4.83. The lowest BCUT2D eigenvalue weighted by Crippen LogP contribution is -2.32. The fraction of sp³-hybridized carbons (Fsp3) is 0.500. The largest absolute Gasteiger partial charge is 0.394 e. The van der Waals surface area contributed by atoms with E-state index in [9.17, 15) is 0 Å². The molecule has 0 unspecified atom stereocenters. The minimum atomic E-state index is -0.667. The third kappa shape index (κ3) is 1.51. The van der Waals surface area contributed by atoms with Gasteiger partial charge in [-0.2, -0.15) is 0 Å². The van der Waals surface area contributed by atoms with Crippen molar-refractivity contribution in [3.05, 3.63) is 18.8 Å². The van der Waals surface area contributed by atoms with Crippen molar-refractivity contribution in [2.45, 2.75) is 12.2 Å².